The molecule has 0 bridgehead atoms. The predicted molar refractivity (Wildman–Crippen MR) is 121 cm³/mol. The Morgan fingerprint density at radius 2 is 1.90 bits per heavy atom. The molecular weight excluding hydrogens is 515 g/mol. The Morgan fingerprint density at radius 1 is 1.21 bits per heavy atom. The van der Waals surface area contributed by atoms with Crippen molar-refractivity contribution in [3.8, 4) is 0 Å². The highest BCUT2D eigenvalue weighted by molar-refractivity contribution is 14.0. The van der Waals surface area contributed by atoms with Crippen LogP contribution >= 0.6 is 24.0 Å². The summed E-state index contributed by atoms with van der Waals surface area (Å²) in [7, 11) is -1.43. The number of sulfonamides is 1. The van der Waals surface area contributed by atoms with Gasteiger partial charge in [-0.2, -0.15) is 0 Å². The number of nitrogens with one attached hydrogen (secondary N) is 1. The second kappa shape index (κ2) is 10.2. The number of benzene rings is 1. The summed E-state index contributed by atoms with van der Waals surface area (Å²) in [5, 5.41) is 3.33. The van der Waals surface area contributed by atoms with E-state index >= 15 is 0 Å². The van der Waals surface area contributed by atoms with Crippen LogP contribution in [0.5, 0.6) is 0 Å². The lowest BCUT2D eigenvalue weighted by Crippen LogP contribution is -2.53. The first-order chi connectivity index (χ1) is 13.3. The molecule has 2 fully saturated rings. The van der Waals surface area contributed by atoms with Crippen LogP contribution in [-0.4, -0.2) is 82.7 Å². The van der Waals surface area contributed by atoms with Crippen LogP contribution in [0.4, 0.5) is 14.5 Å². The van der Waals surface area contributed by atoms with E-state index in [0.29, 0.717) is 45.8 Å². The van der Waals surface area contributed by atoms with Gasteiger partial charge in [-0.05, 0) is 24.5 Å². The van der Waals surface area contributed by atoms with E-state index in [1.165, 1.54) is 16.6 Å². The summed E-state index contributed by atoms with van der Waals surface area (Å²) < 4.78 is 52.2. The van der Waals surface area contributed by atoms with E-state index < -0.39 is 21.7 Å². The fraction of sp³-hybridized carbons (Fsp3) is 0.611. The third-order valence-electron chi connectivity index (χ3n) is 5.31. The van der Waals surface area contributed by atoms with Crippen molar-refractivity contribution in [1.29, 1.82) is 0 Å². The van der Waals surface area contributed by atoms with Crippen LogP contribution in [0.15, 0.2) is 23.2 Å². The van der Waals surface area contributed by atoms with Crippen LogP contribution in [0.1, 0.15) is 6.42 Å². The average molecular weight is 543 g/mol. The van der Waals surface area contributed by atoms with Crippen molar-refractivity contribution < 1.29 is 17.2 Å². The molecule has 2 saturated heterocycles. The molecule has 0 amide bonds. The Morgan fingerprint density at radius 3 is 2.48 bits per heavy atom. The lowest BCUT2D eigenvalue weighted by atomic mass is 10.1. The molecule has 1 atom stereocenters. The molecule has 0 radical (unpaired) electrons. The molecule has 1 unspecified atom stereocenters. The normalized spacial score (nSPS) is 21.2. The molecule has 1 aromatic rings. The minimum absolute atomic E-state index is 0. The molecule has 11 heteroatoms. The number of halogens is 3. The molecule has 0 spiro atoms. The van der Waals surface area contributed by atoms with Gasteiger partial charge in [0.1, 0.15) is 11.6 Å². The zero-order valence-corrected chi connectivity index (χ0v) is 19.8. The Bertz CT molecular complexity index is 832. The smallest absolute Gasteiger partial charge is 0.211 e. The zero-order valence-electron chi connectivity index (χ0n) is 16.6. The van der Waals surface area contributed by atoms with Gasteiger partial charge in [0.25, 0.3) is 0 Å². The van der Waals surface area contributed by atoms with Crippen molar-refractivity contribution in [2.75, 3.05) is 64.0 Å². The van der Waals surface area contributed by atoms with Crippen molar-refractivity contribution in [3.63, 3.8) is 0 Å². The van der Waals surface area contributed by atoms with Crippen molar-refractivity contribution in [1.82, 2.24) is 14.5 Å². The molecule has 0 saturated carbocycles. The molecule has 2 aliphatic heterocycles. The molecule has 164 valence electrons. The van der Waals surface area contributed by atoms with Crippen molar-refractivity contribution in [2.45, 2.75) is 6.42 Å². The summed E-state index contributed by atoms with van der Waals surface area (Å²) in [5.41, 5.74) is 0.286. The summed E-state index contributed by atoms with van der Waals surface area (Å²) in [6.45, 7) is 4.12. The maximum atomic E-state index is 14.0. The van der Waals surface area contributed by atoms with Gasteiger partial charge in [0.2, 0.25) is 10.0 Å². The number of hydrogen-bond acceptors (Lipinski definition) is 4. The van der Waals surface area contributed by atoms with Crippen molar-refractivity contribution in [3.05, 3.63) is 29.8 Å². The van der Waals surface area contributed by atoms with Gasteiger partial charge in [0.15, 0.2) is 5.96 Å². The first-order valence-corrected chi connectivity index (χ1v) is 11.2. The maximum Gasteiger partial charge on any atom is 0.211 e. The van der Waals surface area contributed by atoms with E-state index in [9.17, 15) is 17.2 Å². The summed E-state index contributed by atoms with van der Waals surface area (Å²) >= 11 is 0. The van der Waals surface area contributed by atoms with Gasteiger partial charge in [-0.3, -0.25) is 4.99 Å². The molecular formula is C18H28F2IN5O2S. The highest BCUT2D eigenvalue weighted by Crippen LogP contribution is 2.22. The molecule has 2 aliphatic rings. The second-order valence-electron chi connectivity index (χ2n) is 7.27. The first-order valence-electron chi connectivity index (χ1n) is 9.38. The van der Waals surface area contributed by atoms with E-state index in [0.717, 1.165) is 24.5 Å². The largest absolute Gasteiger partial charge is 0.366 e. The minimum Gasteiger partial charge on any atom is -0.366 e. The van der Waals surface area contributed by atoms with Gasteiger partial charge in [-0.1, -0.05) is 0 Å². The van der Waals surface area contributed by atoms with E-state index in [-0.39, 0.29) is 35.6 Å². The molecule has 2 heterocycles. The SMILES string of the molecule is CN=C(NCC1CCN(S(C)(=O)=O)C1)N1CCN(c2cc(F)ccc2F)CC1.I. The van der Waals surface area contributed by atoms with Gasteiger partial charge in [0, 0.05) is 58.9 Å². The van der Waals surface area contributed by atoms with Gasteiger partial charge >= 0.3 is 0 Å². The number of guanidine groups is 1. The molecule has 7 nitrogen and oxygen atoms in total. The molecule has 0 aromatic heterocycles. The number of aliphatic imine (C=N–C) groups is 1. The molecule has 0 aliphatic carbocycles. The summed E-state index contributed by atoms with van der Waals surface area (Å²) in [6, 6.07) is 3.50. The highest BCUT2D eigenvalue weighted by atomic mass is 127. The monoisotopic (exact) mass is 543 g/mol. The summed E-state index contributed by atoms with van der Waals surface area (Å²) in [4.78, 5) is 8.23. The summed E-state index contributed by atoms with van der Waals surface area (Å²) in [6.07, 6.45) is 2.06. The maximum absolute atomic E-state index is 14.0. The first kappa shape index (κ1) is 24.1. The number of rotatable bonds is 4. The topological polar surface area (TPSA) is 68.2 Å². The van der Waals surface area contributed by atoms with E-state index in [1.807, 2.05) is 4.90 Å². The van der Waals surface area contributed by atoms with Gasteiger partial charge < -0.3 is 15.1 Å². The van der Waals surface area contributed by atoms with Crippen molar-refractivity contribution in [2.24, 2.45) is 10.9 Å². The lowest BCUT2D eigenvalue weighted by molar-refractivity contribution is 0.366. The standard InChI is InChI=1S/C18H27F2N5O2S.HI/c1-21-18(22-12-14-5-6-25(13-14)28(2,26)27)24-9-7-23(8-10-24)17-11-15(19)3-4-16(17)20;/h3-4,11,14H,5-10,12-13H2,1-2H3,(H,21,22);1H. The Kier molecular flexibility index (Phi) is 8.47. The number of piperazine rings is 1. The van der Waals surface area contributed by atoms with E-state index in [4.69, 9.17) is 0 Å². The molecule has 3 rings (SSSR count). The average Bonchev–Trinajstić information content (AvgIpc) is 3.14. The quantitative estimate of drug-likeness (QED) is 0.355. The van der Waals surface area contributed by atoms with Gasteiger partial charge in [-0.25, -0.2) is 21.5 Å². The fourth-order valence-corrected chi connectivity index (χ4v) is 4.64. The lowest BCUT2D eigenvalue weighted by Gasteiger charge is -2.38. The number of anilines is 1. The second-order valence-corrected chi connectivity index (χ2v) is 9.26. The third kappa shape index (κ3) is 6.14. The fourth-order valence-electron chi connectivity index (χ4n) is 3.72. The van der Waals surface area contributed by atoms with Crippen LogP contribution < -0.4 is 10.2 Å². The number of hydrogen-bond donors (Lipinski definition) is 1. The van der Waals surface area contributed by atoms with Crippen LogP contribution in [-0.2, 0) is 10.0 Å². The predicted octanol–water partition coefficient (Wildman–Crippen LogP) is 1.56. The molecule has 1 N–H and O–H groups in total. The molecule has 29 heavy (non-hydrogen) atoms. The van der Waals surface area contributed by atoms with E-state index in [1.54, 1.807) is 7.05 Å². The zero-order chi connectivity index (χ0) is 20.3. The Hall–Kier alpha value is -1.21. The Labute approximate surface area is 188 Å². The minimum atomic E-state index is -3.14. The van der Waals surface area contributed by atoms with Crippen molar-refractivity contribution >= 4 is 45.6 Å². The summed E-state index contributed by atoms with van der Waals surface area (Å²) in [5.74, 6) is 0.122. The van der Waals surface area contributed by atoms with Crippen LogP contribution in [0.3, 0.4) is 0 Å². The van der Waals surface area contributed by atoms with E-state index in [2.05, 4.69) is 15.2 Å². The van der Waals surface area contributed by atoms with Crippen LogP contribution in [0, 0.1) is 17.6 Å². The Balaban J connectivity index is 0.00000300. The van der Waals surface area contributed by atoms with Gasteiger partial charge in [-0.15, -0.1) is 24.0 Å². The highest BCUT2D eigenvalue weighted by Gasteiger charge is 2.29. The van der Waals surface area contributed by atoms with Crippen LogP contribution in [0.2, 0.25) is 0 Å². The third-order valence-corrected chi connectivity index (χ3v) is 6.58. The van der Waals surface area contributed by atoms with Gasteiger partial charge in [0.05, 0.1) is 11.9 Å². The molecule has 1 aromatic carbocycles. The van der Waals surface area contributed by atoms with Crippen LogP contribution in [0.25, 0.3) is 0 Å². The number of nitrogens with zero attached hydrogens (tertiary/aromatic N) is 4.